The van der Waals surface area contributed by atoms with Crippen molar-refractivity contribution in [1.29, 1.82) is 0 Å². The molecule has 0 saturated carbocycles. The molecule has 0 amide bonds. The highest BCUT2D eigenvalue weighted by molar-refractivity contribution is 5.54. The Balaban J connectivity index is 1.86. The molecular weight excluding hydrogens is 260 g/mol. The van der Waals surface area contributed by atoms with E-state index in [0.717, 1.165) is 43.4 Å². The number of hydrogen-bond donors (Lipinski definition) is 1. The number of aromatic nitrogens is 2. The molecule has 1 aromatic carbocycles. The van der Waals surface area contributed by atoms with E-state index >= 15 is 0 Å². The fraction of sp³-hybridized carbons (Fsp3) is 0.471. The van der Waals surface area contributed by atoms with Gasteiger partial charge in [-0.15, -0.1) is 0 Å². The first-order valence-electron chi connectivity index (χ1n) is 7.84. The SMILES string of the molecule is CCCCn1cc(C)nc1N1CCc2c(N)cccc2C1. The Bertz CT molecular complexity index is 630. The molecule has 0 saturated heterocycles. The Kier molecular flexibility index (Phi) is 3.86. The molecule has 0 bridgehead atoms. The molecule has 3 rings (SSSR count). The first kappa shape index (κ1) is 14.0. The largest absolute Gasteiger partial charge is 0.398 e. The van der Waals surface area contributed by atoms with Crippen LogP contribution in [0.3, 0.4) is 0 Å². The van der Waals surface area contributed by atoms with Crippen molar-refractivity contribution < 1.29 is 0 Å². The lowest BCUT2D eigenvalue weighted by Gasteiger charge is -2.30. The number of nitrogen functional groups attached to an aromatic ring is 1. The summed E-state index contributed by atoms with van der Waals surface area (Å²) in [6.07, 6.45) is 5.57. The van der Waals surface area contributed by atoms with Gasteiger partial charge in [-0.05, 0) is 37.0 Å². The molecule has 0 unspecified atom stereocenters. The number of fused-ring (bicyclic) bond motifs is 1. The Morgan fingerprint density at radius 2 is 2.19 bits per heavy atom. The van der Waals surface area contributed by atoms with Gasteiger partial charge in [-0.25, -0.2) is 4.98 Å². The predicted molar refractivity (Wildman–Crippen MR) is 87.5 cm³/mol. The molecule has 2 N–H and O–H groups in total. The van der Waals surface area contributed by atoms with Crippen LogP contribution in [0.1, 0.15) is 36.6 Å². The fourth-order valence-corrected chi connectivity index (χ4v) is 3.09. The van der Waals surface area contributed by atoms with Crippen molar-refractivity contribution in [3.8, 4) is 0 Å². The van der Waals surface area contributed by atoms with E-state index in [-0.39, 0.29) is 0 Å². The Morgan fingerprint density at radius 1 is 1.33 bits per heavy atom. The van der Waals surface area contributed by atoms with Crippen LogP contribution in [-0.4, -0.2) is 16.1 Å². The maximum atomic E-state index is 6.09. The average molecular weight is 284 g/mol. The summed E-state index contributed by atoms with van der Waals surface area (Å²) in [5.74, 6) is 1.11. The summed E-state index contributed by atoms with van der Waals surface area (Å²) in [4.78, 5) is 7.12. The van der Waals surface area contributed by atoms with Gasteiger partial charge < -0.3 is 15.2 Å². The van der Waals surface area contributed by atoms with Crippen LogP contribution < -0.4 is 10.6 Å². The molecule has 112 valence electrons. The number of imidazole rings is 1. The lowest BCUT2D eigenvalue weighted by molar-refractivity contribution is 0.604. The summed E-state index contributed by atoms with van der Waals surface area (Å²) in [7, 11) is 0. The minimum Gasteiger partial charge on any atom is -0.398 e. The minimum absolute atomic E-state index is 0.906. The predicted octanol–water partition coefficient (Wildman–Crippen LogP) is 3.14. The van der Waals surface area contributed by atoms with Gasteiger partial charge in [-0.1, -0.05) is 25.5 Å². The molecular formula is C17H24N4. The molecule has 1 aliphatic rings. The smallest absolute Gasteiger partial charge is 0.206 e. The van der Waals surface area contributed by atoms with E-state index < -0.39 is 0 Å². The van der Waals surface area contributed by atoms with Crippen molar-refractivity contribution in [1.82, 2.24) is 9.55 Å². The summed E-state index contributed by atoms with van der Waals surface area (Å²) >= 11 is 0. The molecule has 2 heterocycles. The number of anilines is 2. The van der Waals surface area contributed by atoms with Crippen LogP contribution in [-0.2, 0) is 19.5 Å². The third-order valence-corrected chi connectivity index (χ3v) is 4.21. The molecule has 0 aliphatic carbocycles. The summed E-state index contributed by atoms with van der Waals surface area (Å²) in [5.41, 5.74) is 10.8. The maximum absolute atomic E-state index is 6.09. The average Bonchev–Trinajstić information content (AvgIpc) is 2.86. The maximum Gasteiger partial charge on any atom is 0.206 e. The van der Waals surface area contributed by atoms with E-state index in [2.05, 4.69) is 35.6 Å². The molecule has 0 radical (unpaired) electrons. The topological polar surface area (TPSA) is 47.1 Å². The molecule has 1 aromatic heterocycles. The van der Waals surface area contributed by atoms with Crippen LogP contribution in [0, 0.1) is 6.92 Å². The number of aryl methyl sites for hydroxylation is 2. The van der Waals surface area contributed by atoms with Crippen molar-refractivity contribution in [3.63, 3.8) is 0 Å². The Labute approximate surface area is 126 Å². The highest BCUT2D eigenvalue weighted by Gasteiger charge is 2.21. The number of nitrogens with zero attached hydrogens (tertiary/aromatic N) is 3. The van der Waals surface area contributed by atoms with Crippen molar-refractivity contribution in [2.75, 3.05) is 17.2 Å². The van der Waals surface area contributed by atoms with E-state index in [1.807, 2.05) is 12.1 Å². The van der Waals surface area contributed by atoms with Crippen molar-refractivity contribution >= 4 is 11.6 Å². The fourth-order valence-electron chi connectivity index (χ4n) is 3.09. The van der Waals surface area contributed by atoms with Gasteiger partial charge in [0.15, 0.2) is 0 Å². The standard InChI is InChI=1S/C17H24N4/c1-3-4-9-20-11-13(2)19-17(20)21-10-8-15-14(12-21)6-5-7-16(15)18/h5-7,11H,3-4,8-10,12,18H2,1-2H3. The number of unbranched alkanes of at least 4 members (excludes halogenated alkanes) is 1. The third kappa shape index (κ3) is 2.75. The van der Waals surface area contributed by atoms with E-state index in [1.165, 1.54) is 24.0 Å². The molecule has 0 spiro atoms. The minimum atomic E-state index is 0.906. The molecule has 4 heteroatoms. The van der Waals surface area contributed by atoms with Gasteiger partial charge in [0, 0.05) is 31.5 Å². The van der Waals surface area contributed by atoms with Crippen molar-refractivity contribution in [2.45, 2.75) is 46.2 Å². The second kappa shape index (κ2) is 5.80. The highest BCUT2D eigenvalue weighted by atomic mass is 15.3. The van der Waals surface area contributed by atoms with E-state index in [9.17, 15) is 0 Å². The summed E-state index contributed by atoms with van der Waals surface area (Å²) < 4.78 is 2.30. The summed E-state index contributed by atoms with van der Waals surface area (Å²) in [6.45, 7) is 7.24. The van der Waals surface area contributed by atoms with Gasteiger partial charge in [0.2, 0.25) is 5.95 Å². The van der Waals surface area contributed by atoms with Crippen LogP contribution in [0.25, 0.3) is 0 Å². The zero-order chi connectivity index (χ0) is 14.8. The summed E-state index contributed by atoms with van der Waals surface area (Å²) in [6, 6.07) is 6.23. The van der Waals surface area contributed by atoms with Crippen LogP contribution in [0.15, 0.2) is 24.4 Å². The Hall–Kier alpha value is -1.97. The molecule has 2 aromatic rings. The molecule has 21 heavy (non-hydrogen) atoms. The van der Waals surface area contributed by atoms with Gasteiger partial charge in [0.05, 0.1) is 5.69 Å². The van der Waals surface area contributed by atoms with Crippen LogP contribution in [0.5, 0.6) is 0 Å². The van der Waals surface area contributed by atoms with Gasteiger partial charge in [-0.2, -0.15) is 0 Å². The molecule has 0 atom stereocenters. The lowest BCUT2D eigenvalue weighted by atomic mass is 9.98. The van der Waals surface area contributed by atoms with Crippen molar-refractivity contribution in [3.05, 3.63) is 41.2 Å². The summed E-state index contributed by atoms with van der Waals surface area (Å²) in [5, 5.41) is 0. The number of nitrogens with two attached hydrogens (primary N) is 1. The molecule has 4 nitrogen and oxygen atoms in total. The first-order chi connectivity index (χ1) is 10.2. The quantitative estimate of drug-likeness (QED) is 0.877. The van der Waals surface area contributed by atoms with Crippen LogP contribution >= 0.6 is 0 Å². The van der Waals surface area contributed by atoms with Gasteiger partial charge in [0.25, 0.3) is 0 Å². The van der Waals surface area contributed by atoms with Crippen LogP contribution in [0.2, 0.25) is 0 Å². The third-order valence-electron chi connectivity index (χ3n) is 4.21. The van der Waals surface area contributed by atoms with E-state index in [4.69, 9.17) is 10.7 Å². The monoisotopic (exact) mass is 284 g/mol. The first-order valence-corrected chi connectivity index (χ1v) is 7.84. The molecule has 1 aliphatic heterocycles. The number of hydrogen-bond acceptors (Lipinski definition) is 3. The van der Waals surface area contributed by atoms with E-state index in [0.29, 0.717) is 0 Å². The number of benzene rings is 1. The normalized spacial score (nSPS) is 14.3. The van der Waals surface area contributed by atoms with Gasteiger partial charge >= 0.3 is 0 Å². The van der Waals surface area contributed by atoms with Crippen molar-refractivity contribution in [2.24, 2.45) is 0 Å². The molecule has 0 fully saturated rings. The van der Waals surface area contributed by atoms with Crippen LogP contribution in [0.4, 0.5) is 11.6 Å². The zero-order valence-corrected chi connectivity index (χ0v) is 13.0. The van der Waals surface area contributed by atoms with E-state index in [1.54, 1.807) is 0 Å². The Morgan fingerprint density at radius 3 is 3.00 bits per heavy atom. The highest BCUT2D eigenvalue weighted by Crippen LogP contribution is 2.27. The number of rotatable bonds is 4. The van der Waals surface area contributed by atoms with Gasteiger partial charge in [-0.3, -0.25) is 0 Å². The lowest BCUT2D eigenvalue weighted by Crippen LogP contribution is -2.33. The van der Waals surface area contributed by atoms with Gasteiger partial charge in [0.1, 0.15) is 0 Å². The second-order valence-electron chi connectivity index (χ2n) is 5.89. The zero-order valence-electron chi connectivity index (χ0n) is 13.0. The second-order valence-corrected chi connectivity index (χ2v) is 5.89.